The highest BCUT2D eigenvalue weighted by Crippen LogP contribution is 2.60. The van der Waals surface area contributed by atoms with Gasteiger partial charge in [0.2, 0.25) is 0 Å². The Morgan fingerprint density at radius 1 is 0.882 bits per heavy atom. The monoisotopic (exact) mass is 310 g/mol. The number of hydrogen-bond acceptors (Lipinski definition) is 3. The van der Waals surface area contributed by atoms with Gasteiger partial charge in [0.15, 0.2) is 5.40 Å². The van der Waals surface area contributed by atoms with E-state index in [1.165, 1.54) is 0 Å². The van der Waals surface area contributed by atoms with Crippen molar-refractivity contribution in [2.45, 2.75) is 11.8 Å². The van der Waals surface area contributed by atoms with E-state index in [4.69, 9.17) is 29.4 Å². The summed E-state index contributed by atoms with van der Waals surface area (Å²) in [6.45, 7) is 0. The van der Waals surface area contributed by atoms with Crippen LogP contribution in [0.1, 0.15) is 6.42 Å². The Hall–Kier alpha value is 0.190. The molecule has 0 saturated carbocycles. The smallest absolute Gasteiger partial charge is 0.324 e. The molecule has 0 aliphatic rings. The summed E-state index contributed by atoms with van der Waals surface area (Å²) in [6.07, 6.45) is 0.679. The van der Waals surface area contributed by atoms with Crippen molar-refractivity contribution in [2.24, 2.45) is 0 Å². The molecular formula is C5H13O9P3. The Labute approximate surface area is 96.7 Å². The van der Waals surface area contributed by atoms with Gasteiger partial charge in [-0.15, -0.1) is 0 Å². The average molecular weight is 310 g/mol. The molecule has 0 atom stereocenters. The van der Waals surface area contributed by atoms with Crippen LogP contribution in [0.5, 0.6) is 0 Å². The zero-order chi connectivity index (χ0) is 13.9. The quantitative estimate of drug-likeness (QED) is 0.286. The van der Waals surface area contributed by atoms with Crippen molar-refractivity contribution in [3.63, 3.8) is 0 Å². The summed E-state index contributed by atoms with van der Waals surface area (Å²) in [7, 11) is -14.3. The molecule has 12 heteroatoms. The molecule has 0 saturated heterocycles. The SMILES string of the molecule is O=P(O)(O)CCC=CC(P(=O)(O)O)P(=O)(O)O. The summed E-state index contributed by atoms with van der Waals surface area (Å²) in [5.74, 6) is 0. The molecule has 0 rings (SSSR count). The standard InChI is InChI=1S/C5H13O9P3/c6-15(7,8)4-2-1-3-5(16(9,10)11)17(12,13)14/h1,3,5H,2,4H2,(H2,6,7,8)(H2,9,10,11)(H2,12,13,14). The predicted octanol–water partition coefficient (Wildman–Crippen LogP) is -0.208. The Balaban J connectivity index is 4.70. The minimum atomic E-state index is -5.02. The van der Waals surface area contributed by atoms with Crippen LogP contribution in [0.3, 0.4) is 0 Å². The third-order valence-corrected chi connectivity index (χ3v) is 5.95. The van der Waals surface area contributed by atoms with Crippen molar-refractivity contribution in [3.05, 3.63) is 12.2 Å². The third kappa shape index (κ3) is 8.00. The molecule has 0 aromatic heterocycles. The van der Waals surface area contributed by atoms with Crippen molar-refractivity contribution >= 4 is 22.8 Å². The molecule has 0 bridgehead atoms. The maximum absolute atomic E-state index is 10.8. The summed E-state index contributed by atoms with van der Waals surface area (Å²) >= 11 is 0. The van der Waals surface area contributed by atoms with Gasteiger partial charge in [0, 0.05) is 0 Å². The molecule has 0 aromatic rings. The van der Waals surface area contributed by atoms with Gasteiger partial charge >= 0.3 is 22.8 Å². The van der Waals surface area contributed by atoms with Crippen LogP contribution in [0.2, 0.25) is 0 Å². The van der Waals surface area contributed by atoms with Crippen LogP contribution in [-0.2, 0) is 13.7 Å². The average Bonchev–Trinajstić information content (AvgIpc) is 1.95. The molecule has 102 valence electrons. The van der Waals surface area contributed by atoms with Crippen LogP contribution < -0.4 is 0 Å². The van der Waals surface area contributed by atoms with E-state index in [1.807, 2.05) is 0 Å². The Bertz CT molecular complexity index is 388. The van der Waals surface area contributed by atoms with Gasteiger partial charge in [-0.1, -0.05) is 12.2 Å². The molecule has 17 heavy (non-hydrogen) atoms. The normalized spacial score (nSPS) is 14.8. The van der Waals surface area contributed by atoms with Gasteiger partial charge in [0.25, 0.3) is 0 Å². The van der Waals surface area contributed by atoms with E-state index in [9.17, 15) is 13.7 Å². The molecule has 9 nitrogen and oxygen atoms in total. The lowest BCUT2D eigenvalue weighted by molar-refractivity contribution is 0.346. The maximum atomic E-state index is 10.8. The van der Waals surface area contributed by atoms with E-state index in [2.05, 4.69) is 0 Å². The van der Waals surface area contributed by atoms with Crippen molar-refractivity contribution < 1.29 is 43.1 Å². The van der Waals surface area contributed by atoms with Crippen molar-refractivity contribution in [2.75, 3.05) is 6.16 Å². The van der Waals surface area contributed by atoms with Gasteiger partial charge in [-0.3, -0.25) is 13.7 Å². The fourth-order valence-electron chi connectivity index (χ4n) is 0.881. The van der Waals surface area contributed by atoms with E-state index in [-0.39, 0.29) is 6.42 Å². The molecule has 0 aliphatic carbocycles. The summed E-state index contributed by atoms with van der Waals surface area (Å²) in [5, 5.41) is -2.29. The van der Waals surface area contributed by atoms with Crippen LogP contribution >= 0.6 is 22.8 Å². The number of allylic oxidation sites excluding steroid dienone is 2. The lowest BCUT2D eigenvalue weighted by Gasteiger charge is -2.15. The van der Waals surface area contributed by atoms with Crippen molar-refractivity contribution in [1.82, 2.24) is 0 Å². The molecule has 0 heterocycles. The Morgan fingerprint density at radius 2 is 1.29 bits per heavy atom. The molecule has 6 N–H and O–H groups in total. The molecule has 0 radical (unpaired) electrons. The fraction of sp³-hybridized carbons (Fsp3) is 0.600. The summed E-state index contributed by atoms with van der Waals surface area (Å²) in [6, 6.07) is 0. The minimum absolute atomic E-state index is 0.249. The lowest BCUT2D eigenvalue weighted by Crippen LogP contribution is -2.05. The van der Waals surface area contributed by atoms with Gasteiger partial charge < -0.3 is 29.4 Å². The van der Waals surface area contributed by atoms with Crippen LogP contribution in [0, 0.1) is 0 Å². The molecule has 0 aromatic carbocycles. The van der Waals surface area contributed by atoms with Crippen molar-refractivity contribution in [1.29, 1.82) is 0 Å². The van der Waals surface area contributed by atoms with Gasteiger partial charge in [-0.25, -0.2) is 0 Å². The molecule has 0 fully saturated rings. The minimum Gasteiger partial charge on any atom is -0.324 e. The third-order valence-electron chi connectivity index (χ3n) is 1.58. The number of hydrogen-bond donors (Lipinski definition) is 6. The highest BCUT2D eigenvalue weighted by molar-refractivity contribution is 7.71. The van der Waals surface area contributed by atoms with Crippen LogP contribution in [0.4, 0.5) is 0 Å². The highest BCUT2D eigenvalue weighted by Gasteiger charge is 2.41. The van der Waals surface area contributed by atoms with Crippen LogP contribution in [0.15, 0.2) is 12.2 Å². The second kappa shape index (κ2) is 5.89. The van der Waals surface area contributed by atoms with Gasteiger partial charge in [-0.05, 0) is 6.42 Å². The second-order valence-corrected chi connectivity index (χ2v) is 8.85. The second-order valence-electron chi connectivity index (χ2n) is 3.20. The summed E-state index contributed by atoms with van der Waals surface area (Å²) in [4.78, 5) is 51.7. The molecule has 0 aliphatic heterocycles. The first kappa shape index (κ1) is 17.2. The topological polar surface area (TPSA) is 173 Å². The molecule has 0 unspecified atom stereocenters. The summed E-state index contributed by atoms with van der Waals surface area (Å²) in [5.41, 5.74) is 0. The van der Waals surface area contributed by atoms with E-state index in [0.29, 0.717) is 6.08 Å². The first-order chi connectivity index (χ1) is 7.34. The largest absolute Gasteiger partial charge is 0.344 e. The van der Waals surface area contributed by atoms with E-state index >= 15 is 0 Å². The van der Waals surface area contributed by atoms with Crippen LogP contribution in [-0.4, -0.2) is 40.9 Å². The van der Waals surface area contributed by atoms with Gasteiger partial charge in [-0.2, -0.15) is 0 Å². The Morgan fingerprint density at radius 3 is 1.59 bits per heavy atom. The zero-order valence-corrected chi connectivity index (χ0v) is 11.1. The molecular weight excluding hydrogens is 297 g/mol. The van der Waals surface area contributed by atoms with E-state index < -0.39 is 34.3 Å². The van der Waals surface area contributed by atoms with Gasteiger partial charge in [0.1, 0.15) is 0 Å². The first-order valence-electron chi connectivity index (χ1n) is 4.16. The zero-order valence-electron chi connectivity index (χ0n) is 8.40. The Kier molecular flexibility index (Phi) is 5.95. The van der Waals surface area contributed by atoms with Gasteiger partial charge in [0.05, 0.1) is 6.16 Å². The molecule has 0 spiro atoms. The lowest BCUT2D eigenvalue weighted by atomic mass is 10.4. The summed E-state index contributed by atoms with van der Waals surface area (Å²) < 4.78 is 32.0. The maximum Gasteiger partial charge on any atom is 0.344 e. The fourth-order valence-corrected chi connectivity index (χ4v) is 3.63. The first-order valence-corrected chi connectivity index (χ1v) is 9.32. The van der Waals surface area contributed by atoms with E-state index in [0.717, 1.165) is 6.08 Å². The molecule has 0 amide bonds. The van der Waals surface area contributed by atoms with Crippen LogP contribution in [0.25, 0.3) is 0 Å². The number of rotatable bonds is 6. The predicted molar refractivity (Wildman–Crippen MR) is 58.5 cm³/mol. The highest BCUT2D eigenvalue weighted by atomic mass is 31.2. The van der Waals surface area contributed by atoms with E-state index in [1.54, 1.807) is 0 Å². The van der Waals surface area contributed by atoms with Crippen molar-refractivity contribution in [3.8, 4) is 0 Å².